The number of Topliss-reactive ketones (excluding diaryl/α,β-unsaturated/α-hetero) is 1. The average molecular weight is 472 g/mol. The van der Waals surface area contributed by atoms with Crippen LogP contribution in [0, 0.1) is 11.7 Å². The number of aliphatic imine (C=N–C) groups is 1. The summed E-state index contributed by atoms with van der Waals surface area (Å²) in [5, 5.41) is 4.84. The van der Waals surface area contributed by atoms with E-state index in [0.717, 1.165) is 0 Å². The average Bonchev–Trinajstić information content (AvgIpc) is 3.23. The van der Waals surface area contributed by atoms with Crippen LogP contribution in [-0.4, -0.2) is 23.6 Å². The van der Waals surface area contributed by atoms with Crippen LogP contribution >= 0.6 is 15.9 Å². The number of halogens is 2. The first kappa shape index (κ1) is 18.9. The fourth-order valence-corrected chi connectivity index (χ4v) is 4.81. The van der Waals surface area contributed by atoms with Gasteiger partial charge in [0.1, 0.15) is 23.3 Å². The predicted octanol–water partition coefficient (Wildman–Crippen LogP) is 3.53. The maximum Gasteiger partial charge on any atom is 0.326 e. The summed E-state index contributed by atoms with van der Waals surface area (Å²) in [7, 11) is 0. The van der Waals surface area contributed by atoms with E-state index in [4.69, 9.17) is 4.42 Å². The van der Waals surface area contributed by atoms with E-state index in [9.17, 15) is 18.8 Å². The second kappa shape index (κ2) is 7.02. The quantitative estimate of drug-likeness (QED) is 0.699. The number of hydrogen-bond acceptors (Lipinski definition) is 5. The largest absolute Gasteiger partial charge is 0.469 e. The molecule has 7 nitrogen and oxygen atoms in total. The third-order valence-corrected chi connectivity index (χ3v) is 6.29. The standard InChI is InChI=1S/C21H15BrFN3O4/c22-11-6-9(3-4-12(11)23)16-17-13(24-19-18(16)20(28)26-21(29)25-19)7-10(8-14(17)27)15-2-1-5-30-15/h1-6,10,16,18H,7-8H2,(H2,24,25,26,28,29). The second-order valence-electron chi connectivity index (χ2n) is 7.47. The zero-order chi connectivity index (χ0) is 21.0. The normalized spacial score (nSPS) is 25.9. The first-order valence-electron chi connectivity index (χ1n) is 9.37. The molecule has 30 heavy (non-hydrogen) atoms. The summed E-state index contributed by atoms with van der Waals surface area (Å²) < 4.78 is 19.6. The lowest BCUT2D eigenvalue weighted by Gasteiger charge is -2.38. The van der Waals surface area contributed by atoms with E-state index in [1.165, 1.54) is 6.07 Å². The highest BCUT2D eigenvalue weighted by Gasteiger charge is 2.48. The lowest BCUT2D eigenvalue weighted by atomic mass is 9.70. The van der Waals surface area contributed by atoms with Crippen molar-refractivity contribution in [3.8, 4) is 0 Å². The monoisotopic (exact) mass is 471 g/mol. The number of furan rings is 1. The van der Waals surface area contributed by atoms with Crippen LogP contribution in [0.15, 0.2) is 61.7 Å². The van der Waals surface area contributed by atoms with Gasteiger partial charge in [-0.3, -0.25) is 20.2 Å². The van der Waals surface area contributed by atoms with Gasteiger partial charge in [0.2, 0.25) is 5.91 Å². The molecule has 1 aliphatic carbocycles. The topological polar surface area (TPSA) is 101 Å². The number of amidine groups is 1. The predicted molar refractivity (Wildman–Crippen MR) is 107 cm³/mol. The summed E-state index contributed by atoms with van der Waals surface area (Å²) >= 11 is 3.18. The van der Waals surface area contributed by atoms with Gasteiger partial charge >= 0.3 is 6.03 Å². The number of hydrogen-bond donors (Lipinski definition) is 2. The van der Waals surface area contributed by atoms with Crippen molar-refractivity contribution in [3.63, 3.8) is 0 Å². The SMILES string of the molecule is O=C1NC(=O)C2C(=NC3=C(C(=O)CC(c4ccco4)C3)C2c2ccc(F)c(Br)c2)N1. The molecule has 1 aromatic carbocycles. The number of carbonyl (C=O) groups excluding carboxylic acids is 3. The molecule has 9 heteroatoms. The fourth-order valence-electron chi connectivity index (χ4n) is 4.42. The molecule has 1 fully saturated rings. The molecule has 3 amide bonds. The zero-order valence-electron chi connectivity index (χ0n) is 15.4. The summed E-state index contributed by atoms with van der Waals surface area (Å²) in [4.78, 5) is 42.3. The van der Waals surface area contributed by atoms with Crippen LogP contribution in [0.5, 0.6) is 0 Å². The van der Waals surface area contributed by atoms with Gasteiger partial charge in [0.15, 0.2) is 5.78 Å². The molecule has 2 N–H and O–H groups in total. The molecule has 5 rings (SSSR count). The molecule has 0 bridgehead atoms. The summed E-state index contributed by atoms with van der Waals surface area (Å²) in [5.41, 5.74) is 1.53. The Morgan fingerprint density at radius 2 is 1.93 bits per heavy atom. The van der Waals surface area contributed by atoms with Crippen molar-refractivity contribution in [1.29, 1.82) is 0 Å². The summed E-state index contributed by atoms with van der Waals surface area (Å²) in [5.74, 6) is -2.01. The summed E-state index contributed by atoms with van der Waals surface area (Å²) in [6.07, 6.45) is 2.20. The fraction of sp³-hybridized carbons (Fsp3) is 0.238. The Hall–Kier alpha value is -3.07. The number of allylic oxidation sites excluding steroid dienone is 2. The van der Waals surface area contributed by atoms with Gasteiger partial charge < -0.3 is 4.42 Å². The van der Waals surface area contributed by atoms with E-state index in [1.807, 2.05) is 6.07 Å². The van der Waals surface area contributed by atoms with Crippen LogP contribution in [-0.2, 0) is 9.59 Å². The minimum absolute atomic E-state index is 0.143. The minimum Gasteiger partial charge on any atom is -0.469 e. The lowest BCUT2D eigenvalue weighted by molar-refractivity contribution is -0.123. The number of fused-ring (bicyclic) bond motifs is 1. The molecule has 152 valence electrons. The van der Waals surface area contributed by atoms with Gasteiger partial charge in [0.05, 0.1) is 16.4 Å². The third kappa shape index (κ3) is 3.00. The van der Waals surface area contributed by atoms with Crippen LogP contribution in [0.1, 0.15) is 36.0 Å². The van der Waals surface area contributed by atoms with Gasteiger partial charge in [-0.05, 0) is 45.8 Å². The molecule has 1 saturated heterocycles. The van der Waals surface area contributed by atoms with Crippen molar-refractivity contribution in [2.45, 2.75) is 24.7 Å². The van der Waals surface area contributed by atoms with Crippen LogP contribution < -0.4 is 10.6 Å². The number of carbonyl (C=O) groups is 3. The van der Waals surface area contributed by atoms with E-state index in [0.29, 0.717) is 29.0 Å². The Morgan fingerprint density at radius 1 is 1.10 bits per heavy atom. The molecule has 3 unspecified atom stereocenters. The van der Waals surface area contributed by atoms with Crippen molar-refractivity contribution < 1.29 is 23.2 Å². The molecule has 3 atom stereocenters. The van der Waals surface area contributed by atoms with Crippen molar-refractivity contribution in [1.82, 2.24) is 10.6 Å². The Kier molecular flexibility index (Phi) is 4.43. The zero-order valence-corrected chi connectivity index (χ0v) is 17.0. The molecule has 0 spiro atoms. The number of rotatable bonds is 2. The summed E-state index contributed by atoms with van der Waals surface area (Å²) in [6.45, 7) is 0. The highest BCUT2D eigenvalue weighted by Crippen LogP contribution is 2.47. The maximum absolute atomic E-state index is 13.8. The number of urea groups is 1. The van der Waals surface area contributed by atoms with E-state index in [2.05, 4.69) is 31.6 Å². The molecule has 0 radical (unpaired) electrons. The Morgan fingerprint density at radius 3 is 2.67 bits per heavy atom. The van der Waals surface area contributed by atoms with Crippen LogP contribution in [0.4, 0.5) is 9.18 Å². The lowest BCUT2D eigenvalue weighted by Crippen LogP contribution is -2.58. The number of imide groups is 1. The Labute approximate surface area is 178 Å². The van der Waals surface area contributed by atoms with Gasteiger partial charge in [-0.2, -0.15) is 0 Å². The highest BCUT2D eigenvalue weighted by molar-refractivity contribution is 9.10. The third-order valence-electron chi connectivity index (χ3n) is 5.69. The molecule has 2 aromatic rings. The van der Waals surface area contributed by atoms with Crippen LogP contribution in [0.3, 0.4) is 0 Å². The number of benzene rings is 1. The van der Waals surface area contributed by atoms with Crippen LogP contribution in [0.2, 0.25) is 0 Å². The van der Waals surface area contributed by atoms with Gasteiger partial charge in [-0.1, -0.05) is 6.07 Å². The first-order chi connectivity index (χ1) is 14.4. The number of nitrogens with zero attached hydrogens (tertiary/aromatic N) is 1. The van der Waals surface area contributed by atoms with Crippen molar-refractivity contribution in [2.75, 3.05) is 0 Å². The smallest absolute Gasteiger partial charge is 0.326 e. The van der Waals surface area contributed by atoms with Crippen LogP contribution in [0.25, 0.3) is 0 Å². The summed E-state index contributed by atoms with van der Waals surface area (Å²) in [6, 6.07) is 7.30. The molecule has 1 aromatic heterocycles. The van der Waals surface area contributed by atoms with Gasteiger partial charge in [-0.25, -0.2) is 14.2 Å². The van der Waals surface area contributed by atoms with E-state index >= 15 is 0 Å². The Balaban J connectivity index is 1.66. The van der Waals surface area contributed by atoms with Gasteiger partial charge in [-0.15, -0.1) is 0 Å². The Bertz CT molecular complexity index is 1160. The van der Waals surface area contributed by atoms with E-state index in [-0.39, 0.29) is 28.4 Å². The molecular formula is C21H15BrFN3O4. The van der Waals surface area contributed by atoms with Crippen molar-refractivity contribution >= 4 is 39.5 Å². The van der Waals surface area contributed by atoms with E-state index in [1.54, 1.807) is 24.5 Å². The van der Waals surface area contributed by atoms with Gasteiger partial charge in [0.25, 0.3) is 0 Å². The number of amides is 3. The maximum atomic E-state index is 13.8. The molecule has 3 aliphatic rings. The molecular weight excluding hydrogens is 457 g/mol. The second-order valence-corrected chi connectivity index (χ2v) is 8.33. The van der Waals surface area contributed by atoms with Crippen molar-refractivity contribution in [3.05, 3.63) is 69.5 Å². The minimum atomic E-state index is -0.886. The van der Waals surface area contributed by atoms with E-state index < -0.39 is 29.6 Å². The molecule has 2 aliphatic heterocycles. The first-order valence-corrected chi connectivity index (χ1v) is 10.2. The number of ketones is 1. The number of nitrogens with one attached hydrogen (secondary N) is 2. The van der Waals surface area contributed by atoms with Crippen molar-refractivity contribution in [2.24, 2.45) is 10.9 Å². The van der Waals surface area contributed by atoms with Gasteiger partial charge in [0, 0.05) is 30.3 Å². The highest BCUT2D eigenvalue weighted by atomic mass is 79.9. The molecule has 3 heterocycles. The molecule has 0 saturated carbocycles.